The SMILES string of the molecule is Cc1cccc(C(C)C)c1NC(=O)COC(=O)c1ccccc1Cl. The van der Waals surface area contributed by atoms with E-state index in [9.17, 15) is 9.59 Å². The first-order valence-electron chi connectivity index (χ1n) is 7.71. The van der Waals surface area contributed by atoms with Gasteiger partial charge in [-0.3, -0.25) is 4.79 Å². The highest BCUT2D eigenvalue weighted by atomic mass is 35.5. The molecular weight excluding hydrogens is 326 g/mol. The van der Waals surface area contributed by atoms with Crippen LogP contribution in [0.25, 0.3) is 0 Å². The van der Waals surface area contributed by atoms with Crippen LogP contribution in [0.3, 0.4) is 0 Å². The first-order chi connectivity index (χ1) is 11.4. The second-order valence-corrected chi connectivity index (χ2v) is 6.21. The summed E-state index contributed by atoms with van der Waals surface area (Å²) in [7, 11) is 0. The Labute approximate surface area is 146 Å². The van der Waals surface area contributed by atoms with Crippen LogP contribution >= 0.6 is 11.6 Å². The number of carbonyl (C=O) groups is 2. The summed E-state index contributed by atoms with van der Waals surface area (Å²) in [5.74, 6) is -0.734. The topological polar surface area (TPSA) is 55.4 Å². The summed E-state index contributed by atoms with van der Waals surface area (Å²) in [6.07, 6.45) is 0. The fourth-order valence-corrected chi connectivity index (χ4v) is 2.57. The van der Waals surface area contributed by atoms with E-state index in [2.05, 4.69) is 19.2 Å². The smallest absolute Gasteiger partial charge is 0.340 e. The normalized spacial score (nSPS) is 10.5. The molecule has 1 amide bonds. The monoisotopic (exact) mass is 345 g/mol. The zero-order chi connectivity index (χ0) is 17.7. The van der Waals surface area contributed by atoms with Gasteiger partial charge in [-0.05, 0) is 36.1 Å². The van der Waals surface area contributed by atoms with E-state index < -0.39 is 5.97 Å². The van der Waals surface area contributed by atoms with E-state index in [0.29, 0.717) is 5.02 Å². The van der Waals surface area contributed by atoms with Gasteiger partial charge >= 0.3 is 5.97 Å². The number of nitrogens with one attached hydrogen (secondary N) is 1. The van der Waals surface area contributed by atoms with Gasteiger partial charge in [-0.1, -0.05) is 55.8 Å². The van der Waals surface area contributed by atoms with E-state index in [1.54, 1.807) is 24.3 Å². The van der Waals surface area contributed by atoms with E-state index in [1.807, 2.05) is 25.1 Å². The number of amides is 1. The second-order valence-electron chi connectivity index (χ2n) is 5.80. The molecule has 4 nitrogen and oxygen atoms in total. The van der Waals surface area contributed by atoms with Crippen LogP contribution in [0, 0.1) is 6.92 Å². The molecular formula is C19H20ClNO3. The van der Waals surface area contributed by atoms with Crippen LogP contribution in [0.15, 0.2) is 42.5 Å². The number of carbonyl (C=O) groups excluding carboxylic acids is 2. The molecule has 0 bridgehead atoms. The van der Waals surface area contributed by atoms with Crippen LogP contribution in [0.1, 0.15) is 41.3 Å². The maximum Gasteiger partial charge on any atom is 0.340 e. The van der Waals surface area contributed by atoms with Gasteiger partial charge in [-0.25, -0.2) is 4.79 Å². The number of hydrogen-bond donors (Lipinski definition) is 1. The molecule has 0 saturated carbocycles. The van der Waals surface area contributed by atoms with Crippen molar-refractivity contribution in [2.45, 2.75) is 26.7 Å². The predicted octanol–water partition coefficient (Wildman–Crippen LogP) is 4.57. The van der Waals surface area contributed by atoms with Crippen molar-refractivity contribution < 1.29 is 14.3 Å². The van der Waals surface area contributed by atoms with E-state index in [4.69, 9.17) is 16.3 Å². The minimum atomic E-state index is -0.621. The highest BCUT2D eigenvalue weighted by molar-refractivity contribution is 6.33. The molecule has 0 atom stereocenters. The fraction of sp³-hybridized carbons (Fsp3) is 0.263. The summed E-state index contributed by atoms with van der Waals surface area (Å²) in [5.41, 5.74) is 3.02. The summed E-state index contributed by atoms with van der Waals surface area (Å²) < 4.78 is 5.05. The zero-order valence-electron chi connectivity index (χ0n) is 13.9. The van der Waals surface area contributed by atoms with Gasteiger partial charge in [0.2, 0.25) is 0 Å². The third-order valence-corrected chi connectivity index (χ3v) is 3.95. The Hall–Kier alpha value is -2.33. The minimum Gasteiger partial charge on any atom is -0.452 e. The van der Waals surface area contributed by atoms with Crippen LogP contribution in [0.4, 0.5) is 5.69 Å². The highest BCUT2D eigenvalue weighted by Gasteiger charge is 2.15. The third-order valence-electron chi connectivity index (χ3n) is 3.62. The molecule has 0 aliphatic carbocycles. The molecule has 0 unspecified atom stereocenters. The quantitative estimate of drug-likeness (QED) is 0.808. The maximum atomic E-state index is 12.1. The first kappa shape index (κ1) is 18.0. The maximum absolute atomic E-state index is 12.1. The van der Waals surface area contributed by atoms with Gasteiger partial charge in [0.1, 0.15) is 0 Å². The van der Waals surface area contributed by atoms with Gasteiger partial charge in [-0.15, -0.1) is 0 Å². The lowest BCUT2D eigenvalue weighted by molar-refractivity contribution is -0.119. The van der Waals surface area contributed by atoms with Crippen molar-refractivity contribution in [2.24, 2.45) is 0 Å². The molecule has 0 aromatic heterocycles. The van der Waals surface area contributed by atoms with E-state index in [0.717, 1.165) is 16.8 Å². The standard InChI is InChI=1S/C19H20ClNO3/c1-12(2)14-9-6-7-13(3)18(14)21-17(22)11-24-19(23)15-8-4-5-10-16(15)20/h4-10,12H,11H2,1-3H3,(H,21,22). The first-order valence-corrected chi connectivity index (χ1v) is 8.09. The van der Waals surface area contributed by atoms with Crippen LogP contribution in [-0.4, -0.2) is 18.5 Å². The van der Waals surface area contributed by atoms with Crippen molar-refractivity contribution >= 4 is 29.2 Å². The Kier molecular flexibility index (Phi) is 5.99. The fourth-order valence-electron chi connectivity index (χ4n) is 2.35. The number of benzene rings is 2. The third kappa shape index (κ3) is 4.36. The number of anilines is 1. The summed E-state index contributed by atoms with van der Waals surface area (Å²) in [4.78, 5) is 24.1. The zero-order valence-corrected chi connectivity index (χ0v) is 14.7. The summed E-state index contributed by atoms with van der Waals surface area (Å²) in [6, 6.07) is 12.4. The van der Waals surface area contributed by atoms with E-state index >= 15 is 0 Å². The number of aryl methyl sites for hydroxylation is 1. The van der Waals surface area contributed by atoms with Crippen molar-refractivity contribution in [3.05, 3.63) is 64.2 Å². The van der Waals surface area contributed by atoms with Crippen molar-refractivity contribution in [3.8, 4) is 0 Å². The second kappa shape index (κ2) is 7.97. The average molecular weight is 346 g/mol. The molecule has 2 aromatic rings. The molecule has 0 spiro atoms. The van der Waals surface area contributed by atoms with E-state index in [-0.39, 0.29) is 24.0 Å². The van der Waals surface area contributed by atoms with Gasteiger partial charge in [0.05, 0.1) is 10.6 Å². The van der Waals surface area contributed by atoms with Crippen LogP contribution in [-0.2, 0) is 9.53 Å². The molecule has 5 heteroatoms. The van der Waals surface area contributed by atoms with Gasteiger partial charge in [0.15, 0.2) is 6.61 Å². The van der Waals surface area contributed by atoms with Gasteiger partial charge < -0.3 is 10.1 Å². The average Bonchev–Trinajstić information content (AvgIpc) is 2.54. The summed E-state index contributed by atoms with van der Waals surface area (Å²) >= 11 is 5.94. The summed E-state index contributed by atoms with van der Waals surface area (Å²) in [6.45, 7) is 5.68. The molecule has 0 radical (unpaired) electrons. The number of para-hydroxylation sites is 1. The van der Waals surface area contributed by atoms with Crippen LogP contribution < -0.4 is 5.32 Å². The van der Waals surface area contributed by atoms with Crippen molar-refractivity contribution in [1.29, 1.82) is 0 Å². The molecule has 1 N–H and O–H groups in total. The lowest BCUT2D eigenvalue weighted by Crippen LogP contribution is -2.22. The Morgan fingerprint density at radius 2 is 1.83 bits per heavy atom. The molecule has 126 valence electrons. The van der Waals surface area contributed by atoms with E-state index in [1.165, 1.54) is 0 Å². The number of hydrogen-bond acceptors (Lipinski definition) is 3. The molecule has 0 saturated heterocycles. The molecule has 2 rings (SSSR count). The molecule has 0 heterocycles. The lowest BCUT2D eigenvalue weighted by Gasteiger charge is -2.16. The number of esters is 1. The lowest BCUT2D eigenvalue weighted by atomic mass is 9.98. The minimum absolute atomic E-state index is 0.241. The Balaban J connectivity index is 2.02. The predicted molar refractivity (Wildman–Crippen MR) is 95.6 cm³/mol. The largest absolute Gasteiger partial charge is 0.452 e. The number of halogens is 1. The van der Waals surface area contributed by atoms with Gasteiger partial charge in [0.25, 0.3) is 5.91 Å². The Bertz CT molecular complexity index is 756. The molecule has 0 aliphatic heterocycles. The van der Waals surface area contributed by atoms with Crippen molar-refractivity contribution in [3.63, 3.8) is 0 Å². The van der Waals surface area contributed by atoms with Crippen molar-refractivity contribution in [2.75, 3.05) is 11.9 Å². The number of rotatable bonds is 5. The molecule has 0 aliphatic rings. The number of ether oxygens (including phenoxy) is 1. The van der Waals surface area contributed by atoms with Crippen molar-refractivity contribution in [1.82, 2.24) is 0 Å². The van der Waals surface area contributed by atoms with Crippen LogP contribution in [0.2, 0.25) is 5.02 Å². The molecule has 24 heavy (non-hydrogen) atoms. The molecule has 2 aromatic carbocycles. The van der Waals surface area contributed by atoms with Gasteiger partial charge in [-0.2, -0.15) is 0 Å². The Morgan fingerprint density at radius 1 is 1.12 bits per heavy atom. The molecule has 0 fully saturated rings. The summed E-state index contributed by atoms with van der Waals surface area (Å²) in [5, 5.41) is 3.13. The van der Waals surface area contributed by atoms with Crippen LogP contribution in [0.5, 0.6) is 0 Å². The van der Waals surface area contributed by atoms with Gasteiger partial charge in [0, 0.05) is 5.69 Å². The Morgan fingerprint density at radius 3 is 2.50 bits per heavy atom. The highest BCUT2D eigenvalue weighted by Crippen LogP contribution is 2.27.